The number of hydrogen-bond donors (Lipinski definition) is 1. The van der Waals surface area contributed by atoms with Crippen molar-refractivity contribution in [3.63, 3.8) is 0 Å². The molecule has 0 aromatic heterocycles. The van der Waals surface area contributed by atoms with Crippen LogP contribution in [-0.4, -0.2) is 29.4 Å². The molecule has 0 saturated carbocycles. The van der Waals surface area contributed by atoms with Crippen molar-refractivity contribution in [2.45, 2.75) is 154 Å². The van der Waals surface area contributed by atoms with Gasteiger partial charge in [0.25, 0.3) is 0 Å². The van der Waals surface area contributed by atoms with Crippen LogP contribution in [0.3, 0.4) is 0 Å². The maximum absolute atomic E-state index is 11.3. The van der Waals surface area contributed by atoms with Crippen molar-refractivity contribution in [2.24, 2.45) is 0 Å². The molecule has 2 unspecified atom stereocenters. The maximum atomic E-state index is 11.3. The third-order valence-electron chi connectivity index (χ3n) is 5.98. The maximum Gasteiger partial charge on any atom is 1.00 e. The first kappa shape index (κ1) is 33.7. The van der Waals surface area contributed by atoms with E-state index in [1.54, 1.807) is 0 Å². The van der Waals surface area contributed by atoms with Gasteiger partial charge in [0.05, 0.1) is 11.4 Å². The third-order valence-corrected chi connectivity index (χ3v) is 7.27. The summed E-state index contributed by atoms with van der Waals surface area (Å²) >= 11 is 0. The van der Waals surface area contributed by atoms with E-state index in [9.17, 15) is 18.1 Å². The summed E-state index contributed by atoms with van der Waals surface area (Å²) in [6, 6.07) is 0. The van der Waals surface area contributed by atoms with Crippen LogP contribution in [0, 0.1) is 0 Å². The normalized spacial score (nSPS) is 13.7. The number of hydrogen-bond acceptors (Lipinski definition) is 4. The topological polar surface area (TPSA) is 77.4 Å². The van der Waals surface area contributed by atoms with Crippen LogP contribution in [0.4, 0.5) is 0 Å². The molecule has 1 N–H and O–H groups in total. The van der Waals surface area contributed by atoms with Crippen LogP contribution >= 0.6 is 0 Å². The summed E-state index contributed by atoms with van der Waals surface area (Å²) in [5, 5.41) is 8.77. The fraction of sp³-hybridized carbons (Fsp3) is 1.00. The zero-order valence-electron chi connectivity index (χ0n) is 20.4. The number of aliphatic hydroxyl groups excluding tert-OH is 1. The van der Waals surface area contributed by atoms with Crippen molar-refractivity contribution in [3.8, 4) is 0 Å². The minimum Gasteiger partial charge on any atom is -0.748 e. The molecule has 0 rings (SSSR count). The molecule has 0 heterocycles. The van der Waals surface area contributed by atoms with Gasteiger partial charge in [-0.05, 0) is 12.8 Å². The summed E-state index contributed by atoms with van der Waals surface area (Å²) in [5.74, 6) is 0. The van der Waals surface area contributed by atoms with Crippen LogP contribution in [0.25, 0.3) is 0 Å². The van der Waals surface area contributed by atoms with Crippen molar-refractivity contribution in [3.05, 3.63) is 0 Å². The summed E-state index contributed by atoms with van der Waals surface area (Å²) < 4.78 is 34.0. The van der Waals surface area contributed by atoms with Crippen LogP contribution in [0.5, 0.6) is 0 Å². The van der Waals surface area contributed by atoms with Crippen LogP contribution < -0.4 is 51.4 Å². The van der Waals surface area contributed by atoms with E-state index in [0.717, 1.165) is 12.8 Å². The Morgan fingerprint density at radius 3 is 1.23 bits per heavy atom. The minimum atomic E-state index is -4.41. The minimum absolute atomic E-state index is 0. The van der Waals surface area contributed by atoms with Gasteiger partial charge in [-0.15, -0.1) is 0 Å². The number of aliphatic hydroxyl groups is 1. The fourth-order valence-electron chi connectivity index (χ4n) is 4.08. The molecule has 0 aliphatic rings. The van der Waals surface area contributed by atoms with Gasteiger partial charge in [-0.2, -0.15) is 0 Å². The molecule has 0 amide bonds. The fourth-order valence-corrected chi connectivity index (χ4v) is 5.06. The molecule has 6 heteroatoms. The van der Waals surface area contributed by atoms with Gasteiger partial charge in [0.2, 0.25) is 0 Å². The Hall–Kier alpha value is 1.51. The second-order valence-electron chi connectivity index (χ2n) is 8.83. The van der Waals surface area contributed by atoms with Crippen LogP contribution in [0.1, 0.15) is 142 Å². The largest absolute Gasteiger partial charge is 1.00 e. The van der Waals surface area contributed by atoms with Crippen LogP contribution in [-0.2, 0) is 10.1 Å². The molecule has 0 aliphatic heterocycles. The Morgan fingerprint density at radius 1 is 0.600 bits per heavy atom. The average Bonchev–Trinajstić information content (AvgIpc) is 2.66. The van der Waals surface area contributed by atoms with Crippen LogP contribution in [0.2, 0.25) is 0 Å². The van der Waals surface area contributed by atoms with Crippen molar-refractivity contribution in [1.82, 2.24) is 0 Å². The number of unbranched alkanes of at least 4 members (excludes halogenated alkanes) is 16. The van der Waals surface area contributed by atoms with Gasteiger partial charge >= 0.3 is 51.4 Å². The smallest absolute Gasteiger partial charge is 0.748 e. The third kappa shape index (κ3) is 21.4. The monoisotopic (exact) mass is 472 g/mol. The molecule has 0 aromatic rings. The quantitative estimate of drug-likeness (QED) is 0.146. The molecule has 0 saturated heterocycles. The molecule has 30 heavy (non-hydrogen) atoms. The Bertz CT molecular complexity index is 442. The van der Waals surface area contributed by atoms with E-state index in [1.807, 2.05) is 6.92 Å². The first-order valence-corrected chi connectivity index (χ1v) is 14.0. The van der Waals surface area contributed by atoms with E-state index in [2.05, 4.69) is 6.92 Å². The predicted octanol–water partition coefficient (Wildman–Crippen LogP) is 4.11. The van der Waals surface area contributed by atoms with Crippen molar-refractivity contribution < 1.29 is 69.5 Å². The number of rotatable bonds is 22. The molecular weight excluding hydrogens is 423 g/mol. The second kappa shape index (κ2) is 23.7. The van der Waals surface area contributed by atoms with E-state index < -0.39 is 21.5 Å². The zero-order chi connectivity index (χ0) is 21.8. The molecule has 0 aromatic carbocycles. The molecule has 176 valence electrons. The van der Waals surface area contributed by atoms with E-state index in [1.165, 1.54) is 89.9 Å². The average molecular weight is 473 g/mol. The standard InChI is InChI=1S/C24H50O4S.K/c1-3-5-6-7-8-9-10-11-12-13-14-15-16-17-18-19-20-22-24(29(26,27)28)23(25)21-4-2;/h23-25H,3-22H2,1-2H3,(H,26,27,28);/q;+1/p-1. The van der Waals surface area contributed by atoms with Gasteiger partial charge in [-0.25, -0.2) is 8.42 Å². The molecule has 0 spiro atoms. The van der Waals surface area contributed by atoms with Gasteiger partial charge in [0.15, 0.2) is 0 Å². The molecule has 2 atom stereocenters. The summed E-state index contributed by atoms with van der Waals surface area (Å²) in [7, 11) is -4.41. The Morgan fingerprint density at radius 2 is 0.933 bits per heavy atom. The molecule has 0 bridgehead atoms. The summed E-state index contributed by atoms with van der Waals surface area (Å²) in [5.41, 5.74) is 0. The summed E-state index contributed by atoms with van der Waals surface area (Å²) in [6.07, 6.45) is 22.1. The summed E-state index contributed by atoms with van der Waals surface area (Å²) in [4.78, 5) is 0. The molecule has 4 nitrogen and oxygen atoms in total. The van der Waals surface area contributed by atoms with E-state index in [0.29, 0.717) is 25.7 Å². The first-order valence-electron chi connectivity index (χ1n) is 12.6. The molecule has 0 fully saturated rings. The van der Waals surface area contributed by atoms with E-state index in [-0.39, 0.29) is 51.4 Å². The van der Waals surface area contributed by atoms with E-state index >= 15 is 0 Å². The van der Waals surface area contributed by atoms with Crippen molar-refractivity contribution in [1.29, 1.82) is 0 Å². The van der Waals surface area contributed by atoms with E-state index in [4.69, 9.17) is 0 Å². The Labute approximate surface area is 230 Å². The zero-order valence-corrected chi connectivity index (χ0v) is 24.3. The Kier molecular flexibility index (Phi) is 26.6. The molecular formula is C24H49KO4S. The van der Waals surface area contributed by atoms with Crippen molar-refractivity contribution in [2.75, 3.05) is 0 Å². The summed E-state index contributed by atoms with van der Waals surface area (Å²) in [6.45, 7) is 4.15. The van der Waals surface area contributed by atoms with Gasteiger partial charge in [-0.1, -0.05) is 129 Å². The van der Waals surface area contributed by atoms with Gasteiger partial charge in [-0.3, -0.25) is 0 Å². The molecule has 0 aliphatic carbocycles. The Balaban J connectivity index is 0. The SMILES string of the molecule is CCCCCCCCCCCCCCCCCCCC(C(O)CCC)S(=O)(=O)[O-].[K+]. The molecule has 0 radical (unpaired) electrons. The van der Waals surface area contributed by atoms with Crippen LogP contribution in [0.15, 0.2) is 0 Å². The first-order chi connectivity index (χ1) is 13.9. The second-order valence-corrected chi connectivity index (χ2v) is 10.4. The van der Waals surface area contributed by atoms with Gasteiger partial charge in [0.1, 0.15) is 10.1 Å². The van der Waals surface area contributed by atoms with Gasteiger partial charge in [0, 0.05) is 0 Å². The predicted molar refractivity (Wildman–Crippen MR) is 123 cm³/mol. The van der Waals surface area contributed by atoms with Crippen molar-refractivity contribution >= 4 is 10.1 Å². The van der Waals surface area contributed by atoms with Gasteiger partial charge < -0.3 is 9.66 Å².